The second-order valence-corrected chi connectivity index (χ2v) is 6.27. The number of carbonyl (C=O) groups excluding carboxylic acids is 4. The van der Waals surface area contributed by atoms with Gasteiger partial charge in [-0.15, -0.1) is 0 Å². The first kappa shape index (κ1) is 28.7. The zero-order valence-electron chi connectivity index (χ0n) is 16.2. The number of carboxylic acid groups (broad SMARTS) is 2. The molecule has 10 nitrogen and oxygen atoms in total. The van der Waals surface area contributed by atoms with E-state index in [1.807, 2.05) is 0 Å². The number of aliphatic carboxylic acids is 2. The Balaban J connectivity index is -0.000000306. The summed E-state index contributed by atoms with van der Waals surface area (Å²) in [7, 11) is 7.11. The second-order valence-electron chi connectivity index (χ2n) is 6.27. The maximum absolute atomic E-state index is 10.7. The molecule has 0 aliphatic rings. The molecule has 2 N–H and O–H groups in total. The molecule has 0 saturated carbocycles. The first-order chi connectivity index (χ1) is 11.6. The average Bonchev–Trinajstić information content (AvgIpc) is 2.46. The van der Waals surface area contributed by atoms with Gasteiger partial charge in [-0.1, -0.05) is 0 Å². The molecule has 0 spiro atoms. The van der Waals surface area contributed by atoms with Gasteiger partial charge in [-0.05, 0) is 12.2 Å². The fourth-order valence-corrected chi connectivity index (χ4v) is 0.951. The van der Waals surface area contributed by atoms with Gasteiger partial charge in [-0.2, -0.15) is 0 Å². The Kier molecular flexibility index (Phi) is 15.5. The number of quaternary nitrogens is 2. The molecule has 0 atom stereocenters. The van der Waals surface area contributed by atoms with E-state index in [2.05, 4.69) is 0 Å². The fraction of sp³-hybridized carbons (Fsp3) is 0.625. The van der Waals surface area contributed by atoms with Crippen molar-refractivity contribution in [2.75, 3.05) is 54.5 Å². The van der Waals surface area contributed by atoms with Crippen LogP contribution in [-0.4, -0.2) is 97.4 Å². The van der Waals surface area contributed by atoms with E-state index in [0.29, 0.717) is 25.2 Å². The van der Waals surface area contributed by atoms with E-state index in [1.54, 1.807) is 28.2 Å². The van der Waals surface area contributed by atoms with E-state index >= 15 is 0 Å². The lowest BCUT2D eigenvalue weighted by Gasteiger charge is -2.23. The molecule has 0 aromatic heterocycles. The van der Waals surface area contributed by atoms with Gasteiger partial charge in [0.1, 0.15) is 13.1 Å². The number of carbonyl (C=O) groups is 4. The molecule has 0 aromatic carbocycles. The van der Waals surface area contributed by atoms with Gasteiger partial charge >= 0.3 is 11.8 Å². The summed E-state index contributed by atoms with van der Waals surface area (Å²) in [6, 6.07) is 0. The maximum Gasteiger partial charge on any atom is 0.310 e. The minimum absolute atomic E-state index is 0.0621. The molecule has 0 aliphatic heterocycles. The predicted molar refractivity (Wildman–Crippen MR) is 88.6 cm³/mol. The van der Waals surface area contributed by atoms with E-state index in [1.165, 1.54) is 13.8 Å². The van der Waals surface area contributed by atoms with Gasteiger partial charge in [0.2, 0.25) is 0 Å². The number of likely N-dealkylation sites (N-methyl/N-ethyl adjacent to an activating group) is 2. The monoisotopic (exact) mass is 378 g/mol. The Hall–Kier alpha value is -2.14. The van der Waals surface area contributed by atoms with E-state index in [4.69, 9.17) is 10.2 Å². The van der Waals surface area contributed by atoms with Crippen LogP contribution in [-0.2, 0) is 19.2 Å². The average molecular weight is 378 g/mol. The topological polar surface area (TPSA) is 155 Å². The molecule has 0 bridgehead atoms. The highest BCUT2D eigenvalue weighted by atomic mass is 16.4. The Morgan fingerprint density at radius 1 is 0.731 bits per heavy atom. The molecule has 0 unspecified atom stereocenters. The first-order valence-corrected chi connectivity index (χ1v) is 7.64. The highest BCUT2D eigenvalue weighted by Gasteiger charge is 2.20. The van der Waals surface area contributed by atoms with Crippen molar-refractivity contribution in [3.63, 3.8) is 0 Å². The number of aliphatic hydroxyl groups excluding tert-OH is 2. The van der Waals surface area contributed by atoms with Crippen molar-refractivity contribution in [1.82, 2.24) is 0 Å². The molecule has 0 aromatic rings. The van der Waals surface area contributed by atoms with Gasteiger partial charge in [0.25, 0.3) is 0 Å². The summed E-state index contributed by atoms with van der Waals surface area (Å²) in [5, 5.41) is 35.8. The van der Waals surface area contributed by atoms with Crippen molar-refractivity contribution in [1.29, 1.82) is 0 Å². The standard InChI is InChI=1S/2C6H14NO2.C4H4O4/c2*1-6(9)7(2,3)4-5-8;5-3(6)1-2-4(7)8/h2*8H,4-5H2,1-3H3;1-2H,(H,5,6)(H,7,8)/q2*+1;/p-2/b;;2-1-. The number of carboxylic acids is 2. The SMILES string of the molecule is CC(=O)[N+](C)(C)CCO.CC(=O)[N+](C)(C)CCO.O=C([O-])/C=C\C(=O)[O-]. The van der Waals surface area contributed by atoms with E-state index in [9.17, 15) is 29.4 Å². The van der Waals surface area contributed by atoms with E-state index in [0.717, 1.165) is 0 Å². The lowest BCUT2D eigenvalue weighted by atomic mass is 10.4. The van der Waals surface area contributed by atoms with Gasteiger partial charge < -0.3 is 30.0 Å². The fourth-order valence-electron chi connectivity index (χ4n) is 0.951. The molecule has 0 fully saturated rings. The third kappa shape index (κ3) is 18.2. The summed E-state index contributed by atoms with van der Waals surface area (Å²) in [4.78, 5) is 40.3. The zero-order valence-corrected chi connectivity index (χ0v) is 16.2. The number of hydrogen-bond donors (Lipinski definition) is 2. The highest BCUT2D eigenvalue weighted by molar-refractivity contribution is 5.87. The smallest absolute Gasteiger partial charge is 0.310 e. The number of amides is 2. The van der Waals surface area contributed by atoms with Crippen molar-refractivity contribution >= 4 is 23.8 Å². The third-order valence-corrected chi connectivity index (χ3v) is 3.38. The zero-order chi connectivity index (χ0) is 21.6. The molecule has 0 heterocycles. The second kappa shape index (κ2) is 14.1. The summed E-state index contributed by atoms with van der Waals surface area (Å²) in [5.41, 5.74) is 0. The Morgan fingerprint density at radius 2 is 0.962 bits per heavy atom. The van der Waals surface area contributed by atoms with Gasteiger partial charge in [-0.25, -0.2) is 9.59 Å². The van der Waals surface area contributed by atoms with Crippen LogP contribution in [0.15, 0.2) is 12.2 Å². The lowest BCUT2D eigenvalue weighted by Crippen LogP contribution is -2.45. The van der Waals surface area contributed by atoms with Crippen LogP contribution < -0.4 is 10.2 Å². The van der Waals surface area contributed by atoms with Gasteiger partial charge in [0, 0.05) is 0 Å². The Labute approximate surface area is 153 Å². The summed E-state index contributed by atoms with van der Waals surface area (Å²) in [5.74, 6) is -2.95. The largest absolute Gasteiger partial charge is 0.545 e. The Morgan fingerprint density at radius 3 is 1.04 bits per heavy atom. The maximum atomic E-state index is 10.7. The van der Waals surface area contributed by atoms with E-state index in [-0.39, 0.29) is 34.0 Å². The molecule has 152 valence electrons. The van der Waals surface area contributed by atoms with Crippen LogP contribution in [0.4, 0.5) is 0 Å². The molecular weight excluding hydrogens is 348 g/mol. The van der Waals surface area contributed by atoms with Crippen LogP contribution in [0.5, 0.6) is 0 Å². The summed E-state index contributed by atoms with van der Waals surface area (Å²) in [6.07, 6.45) is 0.769. The summed E-state index contributed by atoms with van der Waals surface area (Å²) >= 11 is 0. The van der Waals surface area contributed by atoms with Crippen molar-refractivity contribution in [2.24, 2.45) is 0 Å². The number of hydrogen-bond acceptors (Lipinski definition) is 8. The lowest BCUT2D eigenvalue weighted by molar-refractivity contribution is -0.813. The number of rotatable bonds is 6. The molecule has 0 rings (SSSR count). The van der Waals surface area contributed by atoms with Crippen LogP contribution in [0.2, 0.25) is 0 Å². The highest BCUT2D eigenvalue weighted by Crippen LogP contribution is 1.95. The van der Waals surface area contributed by atoms with Crippen LogP contribution in [0.3, 0.4) is 0 Å². The first-order valence-electron chi connectivity index (χ1n) is 7.64. The van der Waals surface area contributed by atoms with Gasteiger partial charge in [0.15, 0.2) is 0 Å². The summed E-state index contributed by atoms with van der Waals surface area (Å²) in [6.45, 7) is 4.16. The predicted octanol–water partition coefficient (Wildman–Crippen LogP) is -3.75. The molecule has 0 saturated heterocycles. The van der Waals surface area contributed by atoms with Crippen molar-refractivity contribution in [3.8, 4) is 0 Å². The molecule has 0 aliphatic carbocycles. The van der Waals surface area contributed by atoms with Crippen LogP contribution in [0.25, 0.3) is 0 Å². The van der Waals surface area contributed by atoms with Crippen LogP contribution >= 0.6 is 0 Å². The van der Waals surface area contributed by atoms with Gasteiger partial charge in [0.05, 0.1) is 67.2 Å². The third-order valence-electron chi connectivity index (χ3n) is 3.38. The molecule has 2 amide bonds. The van der Waals surface area contributed by atoms with Crippen molar-refractivity contribution < 1.29 is 48.6 Å². The summed E-state index contributed by atoms with van der Waals surface area (Å²) < 4.78 is 0.521. The minimum Gasteiger partial charge on any atom is -0.545 e. The molecule has 10 heteroatoms. The Bertz CT molecular complexity index is 454. The normalized spacial score (nSPS) is 10.9. The van der Waals surface area contributed by atoms with E-state index < -0.39 is 11.9 Å². The van der Waals surface area contributed by atoms with Crippen molar-refractivity contribution in [3.05, 3.63) is 12.2 Å². The quantitative estimate of drug-likeness (QED) is 0.353. The molecule has 26 heavy (non-hydrogen) atoms. The number of nitrogens with zero attached hydrogens (tertiary/aromatic N) is 2. The van der Waals surface area contributed by atoms with Gasteiger partial charge in [-0.3, -0.25) is 8.97 Å². The molecular formula is C16H30N2O8. The van der Waals surface area contributed by atoms with Crippen molar-refractivity contribution in [2.45, 2.75) is 13.8 Å². The van der Waals surface area contributed by atoms with Crippen LogP contribution in [0, 0.1) is 0 Å². The number of aliphatic hydroxyl groups is 2. The minimum atomic E-state index is -1.55. The molecule has 0 radical (unpaired) electrons. The van der Waals surface area contributed by atoms with Crippen LogP contribution in [0.1, 0.15) is 13.8 Å².